The lowest BCUT2D eigenvalue weighted by atomic mass is 10.1. The molecule has 1 heterocycles. The Bertz CT molecular complexity index is 759. The number of non-ortho nitro benzene ring substituents is 1. The van der Waals surface area contributed by atoms with Gasteiger partial charge in [-0.25, -0.2) is 0 Å². The Morgan fingerprint density at radius 1 is 1.04 bits per heavy atom. The number of hydrogen-bond acceptors (Lipinski definition) is 4. The fourth-order valence-corrected chi connectivity index (χ4v) is 3.33. The molecule has 1 aliphatic rings. The Hall–Kier alpha value is -2.16. The molecule has 1 fully saturated rings. The molecule has 2 aromatic rings. The third kappa shape index (κ3) is 3.50. The van der Waals surface area contributed by atoms with Crippen LogP contribution in [0.1, 0.15) is 10.4 Å². The van der Waals surface area contributed by atoms with E-state index in [1.54, 1.807) is 11.0 Å². The van der Waals surface area contributed by atoms with E-state index in [-0.39, 0.29) is 11.6 Å². The number of nitro groups is 1. The van der Waals surface area contributed by atoms with Gasteiger partial charge in [0.05, 0.1) is 10.5 Å². The van der Waals surface area contributed by atoms with Crippen LogP contribution >= 0.6 is 22.6 Å². The van der Waals surface area contributed by atoms with Crippen LogP contribution in [-0.4, -0.2) is 41.9 Å². The number of halogens is 1. The lowest BCUT2D eigenvalue weighted by Gasteiger charge is -2.36. The van der Waals surface area contributed by atoms with Gasteiger partial charge in [0.1, 0.15) is 0 Å². The van der Waals surface area contributed by atoms with Crippen LogP contribution in [0.2, 0.25) is 0 Å². The van der Waals surface area contributed by atoms with Gasteiger partial charge in [-0.2, -0.15) is 0 Å². The Kier molecular flexibility index (Phi) is 4.98. The summed E-state index contributed by atoms with van der Waals surface area (Å²) < 4.78 is 0.730. The highest BCUT2D eigenvalue weighted by molar-refractivity contribution is 14.1. The number of nitro benzene ring substituents is 1. The minimum absolute atomic E-state index is 0.0540. The number of rotatable bonds is 3. The van der Waals surface area contributed by atoms with Crippen LogP contribution in [0, 0.1) is 13.7 Å². The SMILES string of the molecule is O=C(c1cc([N+](=O)[O-])ccc1I)N1CCN(c2ccccc2)CC1. The summed E-state index contributed by atoms with van der Waals surface area (Å²) in [5.74, 6) is -0.143. The third-order valence-electron chi connectivity index (χ3n) is 4.08. The van der Waals surface area contributed by atoms with Crippen molar-refractivity contribution in [2.75, 3.05) is 31.1 Å². The zero-order valence-electron chi connectivity index (χ0n) is 12.9. The molecule has 3 rings (SSSR count). The van der Waals surface area contributed by atoms with Crippen LogP contribution < -0.4 is 4.90 Å². The second kappa shape index (κ2) is 7.16. The molecule has 0 spiro atoms. The number of carbonyl (C=O) groups excluding carboxylic acids is 1. The summed E-state index contributed by atoms with van der Waals surface area (Å²) in [6, 6.07) is 14.5. The van der Waals surface area contributed by atoms with Crippen LogP contribution in [0.4, 0.5) is 11.4 Å². The summed E-state index contributed by atoms with van der Waals surface area (Å²) in [4.78, 5) is 27.2. The Balaban J connectivity index is 1.71. The first-order valence-electron chi connectivity index (χ1n) is 7.59. The van der Waals surface area contributed by atoms with Gasteiger partial charge in [0.2, 0.25) is 0 Å². The molecule has 0 aromatic heterocycles. The summed E-state index contributed by atoms with van der Waals surface area (Å²) in [7, 11) is 0. The zero-order valence-corrected chi connectivity index (χ0v) is 15.0. The lowest BCUT2D eigenvalue weighted by molar-refractivity contribution is -0.384. The van der Waals surface area contributed by atoms with Crippen molar-refractivity contribution in [3.8, 4) is 0 Å². The Morgan fingerprint density at radius 2 is 1.71 bits per heavy atom. The maximum absolute atomic E-state index is 12.7. The van der Waals surface area contributed by atoms with Gasteiger partial charge in [-0.1, -0.05) is 18.2 Å². The van der Waals surface area contributed by atoms with Crippen LogP contribution in [0.3, 0.4) is 0 Å². The number of benzene rings is 2. The van der Waals surface area contributed by atoms with E-state index in [1.165, 1.54) is 12.1 Å². The molecule has 0 aliphatic carbocycles. The van der Waals surface area contributed by atoms with E-state index in [0.29, 0.717) is 18.7 Å². The van der Waals surface area contributed by atoms with Crippen molar-refractivity contribution < 1.29 is 9.72 Å². The first-order chi connectivity index (χ1) is 11.6. The van der Waals surface area contributed by atoms with Gasteiger partial charge >= 0.3 is 0 Å². The summed E-state index contributed by atoms with van der Waals surface area (Å²) in [6.07, 6.45) is 0. The van der Waals surface area contributed by atoms with Gasteiger partial charge in [-0.05, 0) is 40.8 Å². The van der Waals surface area contributed by atoms with Crippen molar-refractivity contribution in [2.45, 2.75) is 0 Å². The molecule has 1 saturated heterocycles. The summed E-state index contributed by atoms with van der Waals surface area (Å²) >= 11 is 2.04. The zero-order chi connectivity index (χ0) is 17.1. The molecular formula is C17H16IN3O3. The topological polar surface area (TPSA) is 66.7 Å². The van der Waals surface area contributed by atoms with E-state index in [1.807, 2.05) is 40.8 Å². The average Bonchev–Trinajstić information content (AvgIpc) is 2.62. The van der Waals surface area contributed by atoms with Gasteiger partial charge in [-0.3, -0.25) is 14.9 Å². The van der Waals surface area contributed by atoms with Crippen molar-refractivity contribution in [2.24, 2.45) is 0 Å². The number of hydrogen-bond donors (Lipinski definition) is 0. The van der Waals surface area contributed by atoms with Crippen molar-refractivity contribution in [3.05, 3.63) is 67.8 Å². The van der Waals surface area contributed by atoms with E-state index in [4.69, 9.17) is 0 Å². The van der Waals surface area contributed by atoms with E-state index < -0.39 is 4.92 Å². The van der Waals surface area contributed by atoms with Gasteiger partial charge in [-0.15, -0.1) is 0 Å². The smallest absolute Gasteiger partial charge is 0.270 e. The summed E-state index contributed by atoms with van der Waals surface area (Å²) in [6.45, 7) is 2.71. The van der Waals surface area contributed by atoms with Crippen molar-refractivity contribution >= 4 is 39.9 Å². The molecule has 0 N–H and O–H groups in total. The Morgan fingerprint density at radius 3 is 2.33 bits per heavy atom. The summed E-state index contributed by atoms with van der Waals surface area (Å²) in [5, 5.41) is 10.9. The quantitative estimate of drug-likeness (QED) is 0.421. The predicted molar refractivity (Wildman–Crippen MR) is 100 cm³/mol. The molecule has 1 aliphatic heterocycles. The Labute approximate surface area is 153 Å². The molecule has 24 heavy (non-hydrogen) atoms. The normalized spacial score (nSPS) is 14.5. The molecule has 2 aromatic carbocycles. The minimum Gasteiger partial charge on any atom is -0.368 e. The second-order valence-electron chi connectivity index (χ2n) is 5.54. The van der Waals surface area contributed by atoms with Crippen molar-refractivity contribution in [1.29, 1.82) is 0 Å². The molecular weight excluding hydrogens is 421 g/mol. The van der Waals surface area contributed by atoms with Gasteiger partial charge in [0, 0.05) is 47.6 Å². The number of anilines is 1. The maximum atomic E-state index is 12.7. The van der Waals surface area contributed by atoms with Crippen LogP contribution in [0.25, 0.3) is 0 Å². The van der Waals surface area contributed by atoms with Crippen LogP contribution in [0.15, 0.2) is 48.5 Å². The third-order valence-corrected chi connectivity index (χ3v) is 5.02. The molecule has 7 heteroatoms. The molecule has 0 atom stereocenters. The fraction of sp³-hybridized carbons (Fsp3) is 0.235. The number of para-hydroxylation sites is 1. The van der Waals surface area contributed by atoms with Gasteiger partial charge < -0.3 is 9.80 Å². The van der Waals surface area contributed by atoms with Gasteiger partial charge in [0.15, 0.2) is 0 Å². The molecule has 6 nitrogen and oxygen atoms in total. The van der Waals surface area contributed by atoms with E-state index in [0.717, 1.165) is 22.3 Å². The van der Waals surface area contributed by atoms with E-state index in [9.17, 15) is 14.9 Å². The van der Waals surface area contributed by atoms with E-state index in [2.05, 4.69) is 17.0 Å². The maximum Gasteiger partial charge on any atom is 0.270 e. The minimum atomic E-state index is -0.472. The number of piperazine rings is 1. The second-order valence-corrected chi connectivity index (χ2v) is 6.70. The predicted octanol–water partition coefficient (Wildman–Crippen LogP) is 3.16. The standard InChI is InChI=1S/C17H16IN3O3/c18-16-7-6-14(21(23)24)12-15(16)17(22)20-10-8-19(9-11-20)13-4-2-1-3-5-13/h1-7,12H,8-11H2. The monoisotopic (exact) mass is 437 g/mol. The number of nitrogens with zero attached hydrogens (tertiary/aromatic N) is 3. The largest absolute Gasteiger partial charge is 0.368 e. The lowest BCUT2D eigenvalue weighted by Crippen LogP contribution is -2.49. The summed E-state index contributed by atoms with van der Waals surface area (Å²) in [5.41, 5.74) is 1.49. The van der Waals surface area contributed by atoms with E-state index >= 15 is 0 Å². The molecule has 0 bridgehead atoms. The van der Waals surface area contributed by atoms with Crippen LogP contribution in [0.5, 0.6) is 0 Å². The highest BCUT2D eigenvalue weighted by atomic mass is 127. The first kappa shape index (κ1) is 16.7. The molecule has 0 radical (unpaired) electrons. The fourth-order valence-electron chi connectivity index (χ4n) is 2.77. The van der Waals surface area contributed by atoms with Crippen LogP contribution in [-0.2, 0) is 0 Å². The van der Waals surface area contributed by atoms with Crippen molar-refractivity contribution in [1.82, 2.24) is 4.90 Å². The molecule has 124 valence electrons. The van der Waals surface area contributed by atoms with Crippen molar-refractivity contribution in [3.63, 3.8) is 0 Å². The highest BCUT2D eigenvalue weighted by Gasteiger charge is 2.25. The molecule has 0 saturated carbocycles. The number of carbonyl (C=O) groups is 1. The first-order valence-corrected chi connectivity index (χ1v) is 8.67. The molecule has 0 unspecified atom stereocenters. The highest BCUT2D eigenvalue weighted by Crippen LogP contribution is 2.22. The van der Waals surface area contributed by atoms with Gasteiger partial charge in [0.25, 0.3) is 11.6 Å². The number of amides is 1. The average molecular weight is 437 g/mol. The molecule has 1 amide bonds.